The summed E-state index contributed by atoms with van der Waals surface area (Å²) >= 11 is 3.42. The van der Waals surface area contributed by atoms with Crippen molar-refractivity contribution < 1.29 is 9.53 Å². The van der Waals surface area contributed by atoms with Crippen LogP contribution in [-0.4, -0.2) is 12.4 Å². The van der Waals surface area contributed by atoms with Crippen LogP contribution >= 0.6 is 15.9 Å². The van der Waals surface area contributed by atoms with Crippen LogP contribution in [0.5, 0.6) is 5.75 Å². The molecule has 0 radical (unpaired) electrons. The van der Waals surface area contributed by atoms with Crippen molar-refractivity contribution >= 4 is 21.7 Å². The number of benzene rings is 2. The van der Waals surface area contributed by atoms with Crippen molar-refractivity contribution in [3.8, 4) is 16.9 Å². The fourth-order valence-electron chi connectivity index (χ4n) is 1.70. The lowest BCUT2D eigenvalue weighted by Crippen LogP contribution is -2.02. The molecule has 0 saturated heterocycles. The van der Waals surface area contributed by atoms with Crippen LogP contribution in [0.3, 0.4) is 0 Å². The highest BCUT2D eigenvalue weighted by Gasteiger charge is 2.00. The highest BCUT2D eigenvalue weighted by atomic mass is 79.9. The second kappa shape index (κ2) is 6.53. The number of hydrogen-bond donors (Lipinski definition) is 0. The zero-order chi connectivity index (χ0) is 13.7. The molecular weight excluding hydrogens is 304 g/mol. The summed E-state index contributed by atoms with van der Waals surface area (Å²) in [4.78, 5) is 10.8. The van der Waals surface area contributed by atoms with Crippen molar-refractivity contribution in [3.63, 3.8) is 0 Å². The first-order chi connectivity index (χ1) is 9.15. The number of ketones is 1. The van der Waals surface area contributed by atoms with Crippen LogP contribution in [-0.2, 0) is 4.79 Å². The summed E-state index contributed by atoms with van der Waals surface area (Å²) < 4.78 is 6.57. The van der Waals surface area contributed by atoms with Crippen molar-refractivity contribution in [2.45, 2.75) is 13.3 Å². The van der Waals surface area contributed by atoms with E-state index < -0.39 is 0 Å². The Labute approximate surface area is 121 Å². The zero-order valence-electron chi connectivity index (χ0n) is 10.7. The molecule has 98 valence electrons. The van der Waals surface area contributed by atoms with Crippen molar-refractivity contribution in [3.05, 3.63) is 53.0 Å². The predicted octanol–water partition coefficient (Wildman–Crippen LogP) is 4.47. The molecule has 2 aromatic rings. The number of hydrogen-bond acceptors (Lipinski definition) is 2. The van der Waals surface area contributed by atoms with Crippen LogP contribution in [0.1, 0.15) is 13.3 Å². The molecule has 0 unspecified atom stereocenters. The summed E-state index contributed by atoms with van der Waals surface area (Å²) in [7, 11) is 0. The molecule has 3 heteroatoms. The second-order valence-electron chi connectivity index (χ2n) is 4.33. The van der Waals surface area contributed by atoms with Crippen molar-refractivity contribution in [2.24, 2.45) is 0 Å². The van der Waals surface area contributed by atoms with E-state index in [0.29, 0.717) is 13.0 Å². The zero-order valence-corrected chi connectivity index (χ0v) is 12.3. The molecule has 0 aliphatic rings. The van der Waals surface area contributed by atoms with Gasteiger partial charge in [-0.05, 0) is 42.3 Å². The average Bonchev–Trinajstić information content (AvgIpc) is 2.40. The van der Waals surface area contributed by atoms with Crippen molar-refractivity contribution in [2.75, 3.05) is 6.61 Å². The summed E-state index contributed by atoms with van der Waals surface area (Å²) in [5.41, 5.74) is 2.31. The summed E-state index contributed by atoms with van der Waals surface area (Å²) in [5, 5.41) is 0. The lowest BCUT2D eigenvalue weighted by molar-refractivity contribution is -0.117. The lowest BCUT2D eigenvalue weighted by Gasteiger charge is -2.06. The Bertz CT molecular complexity index is 544. The minimum Gasteiger partial charge on any atom is -0.493 e. The molecule has 0 heterocycles. The standard InChI is InChI=1S/C16H15BrO2/c1-12(18)10-11-19-16-8-4-14(5-9-16)13-2-6-15(17)7-3-13/h2-9H,10-11H2,1H3. The maximum Gasteiger partial charge on any atom is 0.133 e. The molecule has 0 aromatic heterocycles. The van der Waals surface area contributed by atoms with E-state index >= 15 is 0 Å². The second-order valence-corrected chi connectivity index (χ2v) is 5.25. The number of Topliss-reactive ketones (excluding diaryl/α,β-unsaturated/α-hetero) is 1. The van der Waals surface area contributed by atoms with Crippen LogP contribution in [0.25, 0.3) is 11.1 Å². The molecule has 0 amide bonds. The van der Waals surface area contributed by atoms with Gasteiger partial charge in [-0.1, -0.05) is 40.2 Å². The summed E-state index contributed by atoms with van der Waals surface area (Å²) in [6.07, 6.45) is 0.453. The monoisotopic (exact) mass is 318 g/mol. The third-order valence-electron chi connectivity index (χ3n) is 2.75. The van der Waals surface area contributed by atoms with Crippen molar-refractivity contribution in [1.29, 1.82) is 0 Å². The molecule has 0 N–H and O–H groups in total. The van der Waals surface area contributed by atoms with Crippen LogP contribution in [0.15, 0.2) is 53.0 Å². The number of halogens is 1. The molecule has 19 heavy (non-hydrogen) atoms. The summed E-state index contributed by atoms with van der Waals surface area (Å²) in [5.74, 6) is 0.939. The quantitative estimate of drug-likeness (QED) is 0.812. The van der Waals surface area contributed by atoms with E-state index in [0.717, 1.165) is 15.8 Å². The van der Waals surface area contributed by atoms with Gasteiger partial charge in [0.05, 0.1) is 6.61 Å². The smallest absolute Gasteiger partial charge is 0.133 e. The summed E-state index contributed by atoms with van der Waals surface area (Å²) in [6, 6.07) is 16.1. The third kappa shape index (κ3) is 4.21. The van der Waals surface area contributed by atoms with Gasteiger partial charge in [0, 0.05) is 10.9 Å². The first kappa shape index (κ1) is 13.8. The van der Waals surface area contributed by atoms with Crippen LogP contribution in [0.2, 0.25) is 0 Å². The Morgan fingerprint density at radius 1 is 1.00 bits per heavy atom. The first-order valence-corrected chi connectivity index (χ1v) is 6.93. The third-order valence-corrected chi connectivity index (χ3v) is 3.28. The fourth-order valence-corrected chi connectivity index (χ4v) is 1.96. The molecule has 0 atom stereocenters. The molecule has 0 saturated carbocycles. The Hall–Kier alpha value is -1.61. The van der Waals surface area contributed by atoms with Gasteiger partial charge in [-0.25, -0.2) is 0 Å². The van der Waals surface area contributed by atoms with Crippen LogP contribution in [0, 0.1) is 0 Å². The van der Waals surface area contributed by atoms with E-state index in [2.05, 4.69) is 28.1 Å². The lowest BCUT2D eigenvalue weighted by atomic mass is 10.1. The number of carbonyl (C=O) groups is 1. The molecule has 2 aromatic carbocycles. The highest BCUT2D eigenvalue weighted by Crippen LogP contribution is 2.24. The molecule has 0 aliphatic heterocycles. The average molecular weight is 319 g/mol. The number of carbonyl (C=O) groups excluding carboxylic acids is 1. The van der Waals surface area contributed by atoms with Gasteiger partial charge in [0.2, 0.25) is 0 Å². The number of rotatable bonds is 5. The molecule has 2 rings (SSSR count). The maximum atomic E-state index is 10.8. The molecular formula is C16H15BrO2. The SMILES string of the molecule is CC(=O)CCOc1ccc(-c2ccc(Br)cc2)cc1. The van der Waals surface area contributed by atoms with E-state index in [-0.39, 0.29) is 5.78 Å². The topological polar surface area (TPSA) is 26.3 Å². The van der Waals surface area contributed by atoms with Crippen molar-refractivity contribution in [1.82, 2.24) is 0 Å². The molecule has 0 fully saturated rings. The van der Waals surface area contributed by atoms with Gasteiger partial charge < -0.3 is 4.74 Å². The molecule has 0 aliphatic carbocycles. The maximum absolute atomic E-state index is 10.8. The Morgan fingerprint density at radius 3 is 2.05 bits per heavy atom. The Balaban J connectivity index is 2.02. The van der Waals surface area contributed by atoms with E-state index in [1.807, 2.05) is 36.4 Å². The van der Waals surface area contributed by atoms with E-state index in [1.165, 1.54) is 5.56 Å². The normalized spacial score (nSPS) is 10.2. The van der Waals surface area contributed by atoms with E-state index in [4.69, 9.17) is 4.74 Å². The van der Waals surface area contributed by atoms with Gasteiger partial charge in [0.25, 0.3) is 0 Å². The largest absolute Gasteiger partial charge is 0.493 e. The van der Waals surface area contributed by atoms with Crippen LogP contribution < -0.4 is 4.74 Å². The first-order valence-electron chi connectivity index (χ1n) is 6.13. The van der Waals surface area contributed by atoms with Gasteiger partial charge in [-0.2, -0.15) is 0 Å². The summed E-state index contributed by atoms with van der Waals surface area (Å²) in [6.45, 7) is 2.01. The highest BCUT2D eigenvalue weighted by molar-refractivity contribution is 9.10. The molecule has 2 nitrogen and oxygen atoms in total. The van der Waals surface area contributed by atoms with Gasteiger partial charge in [0.1, 0.15) is 11.5 Å². The Morgan fingerprint density at radius 2 is 1.53 bits per heavy atom. The fraction of sp³-hybridized carbons (Fsp3) is 0.188. The van der Waals surface area contributed by atoms with Gasteiger partial charge >= 0.3 is 0 Å². The van der Waals surface area contributed by atoms with E-state index in [1.54, 1.807) is 6.92 Å². The van der Waals surface area contributed by atoms with Crippen LogP contribution in [0.4, 0.5) is 0 Å². The minimum atomic E-state index is 0.145. The number of ether oxygens (including phenoxy) is 1. The Kier molecular flexibility index (Phi) is 4.74. The van der Waals surface area contributed by atoms with Gasteiger partial charge in [-0.15, -0.1) is 0 Å². The predicted molar refractivity (Wildman–Crippen MR) is 80.4 cm³/mol. The molecule has 0 bridgehead atoms. The molecule has 0 spiro atoms. The van der Waals surface area contributed by atoms with Gasteiger partial charge in [0.15, 0.2) is 0 Å². The van der Waals surface area contributed by atoms with Gasteiger partial charge in [-0.3, -0.25) is 4.79 Å². The van der Waals surface area contributed by atoms with E-state index in [9.17, 15) is 4.79 Å². The minimum absolute atomic E-state index is 0.145.